The molecule has 1 heterocycles. The van der Waals surface area contributed by atoms with Crippen LogP contribution in [0.4, 0.5) is 0 Å². The minimum absolute atomic E-state index is 0.145. The lowest BCUT2D eigenvalue weighted by atomic mass is 9.45. The Morgan fingerprint density at radius 3 is 2.66 bits per heavy atom. The van der Waals surface area contributed by atoms with Crippen molar-refractivity contribution in [3.63, 3.8) is 0 Å². The van der Waals surface area contributed by atoms with Crippen LogP contribution in [0.25, 0.3) is 0 Å². The molecule has 5 rings (SSSR count). The van der Waals surface area contributed by atoms with Gasteiger partial charge in [-0.3, -0.25) is 4.79 Å². The van der Waals surface area contributed by atoms with Crippen LogP contribution in [0, 0.1) is 30.1 Å². The molecule has 4 aliphatic rings. The molecule has 0 spiro atoms. The highest BCUT2D eigenvalue weighted by Gasteiger charge is 2.56. The molecule has 1 saturated heterocycles. The predicted octanol–water partition coefficient (Wildman–Crippen LogP) is 2.52. The van der Waals surface area contributed by atoms with E-state index in [1.165, 1.54) is 12.5 Å². The van der Waals surface area contributed by atoms with E-state index in [0.717, 1.165) is 6.42 Å². The summed E-state index contributed by atoms with van der Waals surface area (Å²) in [6, 6.07) is 5.08. The molecule has 2 bridgehead atoms. The Kier molecular flexibility index (Phi) is 5.28. The maximum absolute atomic E-state index is 13.0. The molecule has 2 N–H and O–H groups in total. The number of hydrogen-bond donors (Lipinski definition) is 2. The number of ether oxygens (including phenoxy) is 1. The smallest absolute Gasteiger partial charge is 0.251 e. The lowest BCUT2D eigenvalue weighted by Gasteiger charge is -2.62. The highest BCUT2D eigenvalue weighted by molar-refractivity contribution is 7.92. The van der Waals surface area contributed by atoms with E-state index < -0.39 is 15.3 Å². The van der Waals surface area contributed by atoms with Crippen LogP contribution in [0.2, 0.25) is 0 Å². The standard InChI is InChI=1S/C22H32N2O4S/c1-13-5-6-15(9-19(13)29(26,27)20-12-23-7-8-28-20)21(25)24-18-11-16-10-17(14(18)2)22(16,3)4/h5-6,9,14,16-18,20,23H,7-8,10-12H2,1-4H3,(H,24,25)/t14-,16+,17-,18-,20?/m0/s1. The van der Waals surface area contributed by atoms with Crippen molar-refractivity contribution in [1.29, 1.82) is 0 Å². The number of fused-ring (bicyclic) bond motifs is 2. The average molecular weight is 421 g/mol. The molecule has 1 aliphatic heterocycles. The van der Waals surface area contributed by atoms with E-state index in [9.17, 15) is 13.2 Å². The third-order valence-corrected chi connectivity index (χ3v) is 9.71. The fourth-order valence-corrected chi connectivity index (χ4v) is 7.23. The van der Waals surface area contributed by atoms with Gasteiger partial charge in [-0.1, -0.05) is 26.8 Å². The first-order chi connectivity index (χ1) is 13.6. The van der Waals surface area contributed by atoms with Gasteiger partial charge in [0.25, 0.3) is 5.91 Å². The summed E-state index contributed by atoms with van der Waals surface area (Å²) in [5, 5.41) is 6.24. The van der Waals surface area contributed by atoms with Crippen LogP contribution in [0.5, 0.6) is 0 Å². The maximum atomic E-state index is 13.0. The highest BCUT2D eigenvalue weighted by Crippen LogP contribution is 2.61. The zero-order valence-corrected chi connectivity index (χ0v) is 18.5. The molecule has 6 nitrogen and oxygen atoms in total. The Morgan fingerprint density at radius 1 is 1.28 bits per heavy atom. The topological polar surface area (TPSA) is 84.5 Å². The number of rotatable bonds is 4. The number of sulfone groups is 1. The second-order valence-corrected chi connectivity index (χ2v) is 11.6. The number of benzene rings is 1. The highest BCUT2D eigenvalue weighted by atomic mass is 32.2. The van der Waals surface area contributed by atoms with Crippen molar-refractivity contribution in [2.75, 3.05) is 19.7 Å². The van der Waals surface area contributed by atoms with Crippen LogP contribution in [0.15, 0.2) is 23.1 Å². The number of carbonyl (C=O) groups is 1. The number of amides is 1. The molecular formula is C22H32N2O4S. The van der Waals surface area contributed by atoms with Crippen molar-refractivity contribution >= 4 is 15.7 Å². The summed E-state index contributed by atoms with van der Waals surface area (Å²) in [6.45, 7) is 9.91. The van der Waals surface area contributed by atoms with Gasteiger partial charge in [0.05, 0.1) is 11.5 Å². The summed E-state index contributed by atoms with van der Waals surface area (Å²) < 4.78 is 31.6. The Bertz CT molecular complexity index is 905. The summed E-state index contributed by atoms with van der Waals surface area (Å²) in [7, 11) is -3.67. The normalized spacial score (nSPS) is 33.6. The van der Waals surface area contributed by atoms with Gasteiger partial charge in [0, 0.05) is 24.7 Å². The molecule has 1 unspecified atom stereocenters. The van der Waals surface area contributed by atoms with Crippen molar-refractivity contribution in [2.24, 2.45) is 23.2 Å². The van der Waals surface area contributed by atoms with Crippen molar-refractivity contribution in [3.05, 3.63) is 29.3 Å². The predicted molar refractivity (Wildman–Crippen MR) is 111 cm³/mol. The molecule has 0 radical (unpaired) electrons. The molecule has 160 valence electrons. The summed E-state index contributed by atoms with van der Waals surface area (Å²) >= 11 is 0. The number of aryl methyl sites for hydroxylation is 1. The largest absolute Gasteiger partial charge is 0.359 e. The van der Waals surface area contributed by atoms with Crippen LogP contribution >= 0.6 is 0 Å². The molecule has 1 amide bonds. The summed E-state index contributed by atoms with van der Waals surface area (Å²) in [4.78, 5) is 13.1. The third kappa shape index (κ3) is 3.51. The van der Waals surface area contributed by atoms with Gasteiger partial charge >= 0.3 is 0 Å². The fourth-order valence-electron chi connectivity index (χ4n) is 5.52. The zero-order chi connectivity index (χ0) is 21.0. The Morgan fingerprint density at radius 2 is 2.03 bits per heavy atom. The molecule has 4 fully saturated rings. The Labute approximate surface area is 173 Å². The van der Waals surface area contributed by atoms with Crippen molar-refractivity contribution in [1.82, 2.24) is 10.6 Å². The number of nitrogens with one attached hydrogen (secondary N) is 2. The molecular weight excluding hydrogens is 388 g/mol. The van der Waals surface area contributed by atoms with Gasteiger partial charge in [-0.2, -0.15) is 0 Å². The molecule has 5 atom stereocenters. The van der Waals surface area contributed by atoms with Crippen molar-refractivity contribution in [2.45, 2.75) is 56.9 Å². The average Bonchev–Trinajstić information content (AvgIpc) is 2.69. The number of morpholine rings is 1. The molecule has 0 aromatic heterocycles. The SMILES string of the molecule is Cc1ccc(C(=O)N[C@H]2C[C@H]3C[C@@H]([C@@H]2C)C3(C)C)cc1S(=O)(=O)C1CNCCO1. The Balaban J connectivity index is 1.52. The minimum atomic E-state index is -3.67. The summed E-state index contributed by atoms with van der Waals surface area (Å²) in [6.07, 6.45) is 2.25. The first kappa shape index (κ1) is 20.8. The van der Waals surface area contributed by atoms with E-state index in [-0.39, 0.29) is 23.4 Å². The molecule has 3 saturated carbocycles. The van der Waals surface area contributed by atoms with Crippen molar-refractivity contribution < 1.29 is 17.9 Å². The van der Waals surface area contributed by atoms with E-state index in [1.807, 2.05) is 0 Å². The Hall–Kier alpha value is -1.44. The van der Waals surface area contributed by atoms with E-state index in [4.69, 9.17) is 4.74 Å². The van der Waals surface area contributed by atoms with Gasteiger partial charge in [0.2, 0.25) is 9.84 Å². The van der Waals surface area contributed by atoms with Gasteiger partial charge in [-0.15, -0.1) is 0 Å². The van der Waals surface area contributed by atoms with E-state index in [2.05, 4.69) is 31.4 Å². The molecule has 7 heteroatoms. The van der Waals surface area contributed by atoms with Crippen LogP contribution in [0.1, 0.15) is 49.5 Å². The lowest BCUT2D eigenvalue weighted by molar-refractivity contribution is -0.113. The zero-order valence-electron chi connectivity index (χ0n) is 17.7. The monoisotopic (exact) mass is 420 g/mol. The third-order valence-electron chi connectivity index (χ3n) is 7.67. The number of hydrogen-bond acceptors (Lipinski definition) is 5. The summed E-state index contributed by atoms with van der Waals surface area (Å²) in [5.41, 5.74) is 0.467. The van der Waals surface area contributed by atoms with E-state index >= 15 is 0 Å². The second-order valence-electron chi connectivity index (χ2n) is 9.57. The summed E-state index contributed by atoms with van der Waals surface area (Å²) in [5.74, 6) is 1.52. The minimum Gasteiger partial charge on any atom is -0.359 e. The van der Waals surface area contributed by atoms with E-state index in [0.29, 0.717) is 47.4 Å². The van der Waals surface area contributed by atoms with Crippen LogP contribution in [-0.2, 0) is 14.6 Å². The van der Waals surface area contributed by atoms with Gasteiger partial charge in [-0.25, -0.2) is 8.42 Å². The first-order valence-electron chi connectivity index (χ1n) is 10.6. The van der Waals surface area contributed by atoms with Crippen LogP contribution in [-0.4, -0.2) is 45.5 Å². The lowest BCUT2D eigenvalue weighted by Crippen LogP contribution is -2.60. The maximum Gasteiger partial charge on any atom is 0.251 e. The molecule has 3 aliphatic carbocycles. The second kappa shape index (κ2) is 7.36. The quantitative estimate of drug-likeness (QED) is 0.782. The van der Waals surface area contributed by atoms with Gasteiger partial charge in [0.15, 0.2) is 5.44 Å². The van der Waals surface area contributed by atoms with Crippen molar-refractivity contribution in [3.8, 4) is 0 Å². The number of carbonyl (C=O) groups excluding carboxylic acids is 1. The van der Waals surface area contributed by atoms with Gasteiger partial charge in [-0.05, 0) is 60.6 Å². The van der Waals surface area contributed by atoms with Crippen LogP contribution in [0.3, 0.4) is 0 Å². The fraction of sp³-hybridized carbons (Fsp3) is 0.682. The van der Waals surface area contributed by atoms with E-state index in [1.54, 1.807) is 19.1 Å². The molecule has 29 heavy (non-hydrogen) atoms. The van der Waals surface area contributed by atoms with Gasteiger partial charge in [0.1, 0.15) is 0 Å². The van der Waals surface area contributed by atoms with Crippen LogP contribution < -0.4 is 10.6 Å². The molecule has 1 aromatic carbocycles. The first-order valence-corrected chi connectivity index (χ1v) is 12.1. The molecule has 1 aromatic rings. The van der Waals surface area contributed by atoms with Gasteiger partial charge < -0.3 is 15.4 Å².